The van der Waals surface area contributed by atoms with Gasteiger partial charge in [-0.3, -0.25) is 0 Å². The molecule has 0 bridgehead atoms. The van der Waals surface area contributed by atoms with Gasteiger partial charge in [0.05, 0.1) is 6.61 Å². The van der Waals surface area contributed by atoms with Crippen LogP contribution in [-0.4, -0.2) is 5.11 Å². The van der Waals surface area contributed by atoms with Crippen molar-refractivity contribution >= 4 is 11.6 Å². The third-order valence-electron chi connectivity index (χ3n) is 2.25. The van der Waals surface area contributed by atoms with Crippen molar-refractivity contribution in [2.45, 2.75) is 6.61 Å². The SMILES string of the molecule is OCc1cccc(F)c1Oc1ccc(Cl)cc1. The van der Waals surface area contributed by atoms with Gasteiger partial charge in [0.25, 0.3) is 0 Å². The molecule has 0 saturated carbocycles. The van der Waals surface area contributed by atoms with Crippen LogP contribution in [0.3, 0.4) is 0 Å². The third kappa shape index (κ3) is 2.75. The van der Waals surface area contributed by atoms with Crippen molar-refractivity contribution in [2.75, 3.05) is 0 Å². The first kappa shape index (κ1) is 11.9. The number of halogens is 2. The molecule has 2 aromatic carbocycles. The summed E-state index contributed by atoms with van der Waals surface area (Å²) in [5, 5.41) is 9.67. The van der Waals surface area contributed by atoms with Crippen LogP contribution in [0.2, 0.25) is 5.02 Å². The van der Waals surface area contributed by atoms with Gasteiger partial charge in [-0.25, -0.2) is 4.39 Å². The van der Waals surface area contributed by atoms with E-state index in [0.29, 0.717) is 16.3 Å². The Balaban J connectivity index is 2.32. The van der Waals surface area contributed by atoms with Crippen LogP contribution in [0.25, 0.3) is 0 Å². The van der Waals surface area contributed by atoms with E-state index in [1.807, 2.05) is 0 Å². The normalized spacial score (nSPS) is 10.3. The number of benzene rings is 2. The Hall–Kier alpha value is -1.58. The summed E-state index contributed by atoms with van der Waals surface area (Å²) in [6, 6.07) is 11.0. The molecule has 0 radical (unpaired) electrons. The van der Waals surface area contributed by atoms with Crippen LogP contribution in [0.15, 0.2) is 42.5 Å². The average Bonchev–Trinajstić information content (AvgIpc) is 2.34. The molecule has 0 unspecified atom stereocenters. The summed E-state index contributed by atoms with van der Waals surface area (Å²) in [5.74, 6) is -0.00183. The van der Waals surface area contributed by atoms with Crippen molar-refractivity contribution < 1.29 is 14.2 Å². The summed E-state index contributed by atoms with van der Waals surface area (Å²) in [5.41, 5.74) is 0.403. The maximum absolute atomic E-state index is 13.5. The molecule has 1 N–H and O–H groups in total. The van der Waals surface area contributed by atoms with Crippen molar-refractivity contribution in [1.29, 1.82) is 0 Å². The summed E-state index contributed by atoms with van der Waals surface area (Å²) in [6.45, 7) is -0.277. The Labute approximate surface area is 103 Å². The average molecular weight is 253 g/mol. The van der Waals surface area contributed by atoms with Crippen LogP contribution in [0, 0.1) is 5.82 Å². The molecular formula is C13H10ClFO2. The van der Waals surface area contributed by atoms with E-state index >= 15 is 0 Å². The lowest BCUT2D eigenvalue weighted by atomic mass is 10.2. The van der Waals surface area contributed by atoms with Crippen LogP contribution in [0.5, 0.6) is 11.5 Å². The highest BCUT2D eigenvalue weighted by atomic mass is 35.5. The van der Waals surface area contributed by atoms with Gasteiger partial charge in [0.15, 0.2) is 11.6 Å². The molecule has 0 aliphatic heterocycles. The summed E-state index contributed by atoms with van der Waals surface area (Å²) in [4.78, 5) is 0. The van der Waals surface area contributed by atoms with E-state index in [4.69, 9.17) is 21.4 Å². The minimum absolute atomic E-state index is 0.0392. The van der Waals surface area contributed by atoms with Crippen LogP contribution in [-0.2, 0) is 6.61 Å². The molecule has 0 aliphatic carbocycles. The van der Waals surface area contributed by atoms with Crippen molar-refractivity contribution in [3.63, 3.8) is 0 Å². The van der Waals surface area contributed by atoms with Gasteiger partial charge in [-0.2, -0.15) is 0 Å². The van der Waals surface area contributed by atoms with Gasteiger partial charge in [-0.1, -0.05) is 23.7 Å². The monoisotopic (exact) mass is 252 g/mol. The number of hydrogen-bond donors (Lipinski definition) is 1. The Morgan fingerprint density at radius 2 is 1.82 bits per heavy atom. The van der Waals surface area contributed by atoms with E-state index in [1.165, 1.54) is 12.1 Å². The van der Waals surface area contributed by atoms with Gasteiger partial charge in [0.1, 0.15) is 5.75 Å². The minimum Gasteiger partial charge on any atom is -0.454 e. The van der Waals surface area contributed by atoms with Gasteiger partial charge in [0, 0.05) is 10.6 Å². The highest BCUT2D eigenvalue weighted by Crippen LogP contribution is 2.29. The first-order valence-electron chi connectivity index (χ1n) is 5.02. The number of hydrogen-bond acceptors (Lipinski definition) is 2. The molecule has 17 heavy (non-hydrogen) atoms. The van der Waals surface area contributed by atoms with Crippen LogP contribution < -0.4 is 4.74 Å². The van der Waals surface area contributed by atoms with Crippen molar-refractivity contribution in [1.82, 2.24) is 0 Å². The molecule has 0 amide bonds. The molecule has 0 heterocycles. The molecule has 2 aromatic rings. The lowest BCUT2D eigenvalue weighted by Gasteiger charge is -2.10. The zero-order chi connectivity index (χ0) is 12.3. The quantitative estimate of drug-likeness (QED) is 0.901. The maximum atomic E-state index is 13.5. The summed E-state index contributed by atoms with van der Waals surface area (Å²) in [7, 11) is 0. The molecule has 0 spiro atoms. The van der Waals surface area contributed by atoms with E-state index in [2.05, 4.69) is 0 Å². The van der Waals surface area contributed by atoms with E-state index in [-0.39, 0.29) is 12.4 Å². The molecule has 0 saturated heterocycles. The van der Waals surface area contributed by atoms with E-state index in [1.54, 1.807) is 30.3 Å². The predicted octanol–water partition coefficient (Wildman–Crippen LogP) is 3.76. The minimum atomic E-state index is -0.508. The maximum Gasteiger partial charge on any atom is 0.168 e. The molecule has 0 aromatic heterocycles. The molecule has 2 nitrogen and oxygen atoms in total. The predicted molar refractivity (Wildman–Crippen MR) is 63.8 cm³/mol. The molecule has 0 fully saturated rings. The molecule has 4 heteroatoms. The van der Waals surface area contributed by atoms with Gasteiger partial charge >= 0.3 is 0 Å². The zero-order valence-corrected chi connectivity index (χ0v) is 9.62. The lowest BCUT2D eigenvalue weighted by molar-refractivity contribution is 0.274. The number of aliphatic hydroxyl groups is 1. The van der Waals surface area contributed by atoms with E-state index < -0.39 is 5.82 Å². The third-order valence-corrected chi connectivity index (χ3v) is 2.50. The van der Waals surface area contributed by atoms with Crippen molar-refractivity contribution in [2.24, 2.45) is 0 Å². The highest BCUT2D eigenvalue weighted by Gasteiger charge is 2.10. The van der Waals surface area contributed by atoms with Crippen LogP contribution in [0.4, 0.5) is 4.39 Å². The first-order chi connectivity index (χ1) is 8.20. The molecule has 2 rings (SSSR count). The van der Waals surface area contributed by atoms with E-state index in [0.717, 1.165) is 0 Å². The Bertz CT molecular complexity index is 511. The zero-order valence-electron chi connectivity index (χ0n) is 8.86. The van der Waals surface area contributed by atoms with Crippen molar-refractivity contribution in [3.05, 3.63) is 58.9 Å². The molecule has 0 aliphatic rings. The molecule has 0 atom stereocenters. The highest BCUT2D eigenvalue weighted by molar-refractivity contribution is 6.30. The number of aliphatic hydroxyl groups excluding tert-OH is 1. The Morgan fingerprint density at radius 3 is 2.47 bits per heavy atom. The second kappa shape index (κ2) is 5.17. The van der Waals surface area contributed by atoms with Crippen LogP contribution in [0.1, 0.15) is 5.56 Å². The number of rotatable bonds is 3. The van der Waals surface area contributed by atoms with Gasteiger partial charge < -0.3 is 9.84 Å². The fourth-order valence-corrected chi connectivity index (χ4v) is 1.54. The fraction of sp³-hybridized carbons (Fsp3) is 0.0769. The smallest absolute Gasteiger partial charge is 0.168 e. The second-order valence-corrected chi connectivity index (χ2v) is 3.88. The topological polar surface area (TPSA) is 29.5 Å². The van der Waals surface area contributed by atoms with Crippen LogP contribution >= 0.6 is 11.6 Å². The lowest BCUT2D eigenvalue weighted by Crippen LogP contribution is -1.94. The fourth-order valence-electron chi connectivity index (χ4n) is 1.41. The van der Waals surface area contributed by atoms with Crippen molar-refractivity contribution in [3.8, 4) is 11.5 Å². The van der Waals surface area contributed by atoms with E-state index in [9.17, 15) is 4.39 Å². The van der Waals surface area contributed by atoms with Gasteiger partial charge in [-0.15, -0.1) is 0 Å². The van der Waals surface area contributed by atoms with Gasteiger partial charge in [-0.05, 0) is 30.3 Å². The Morgan fingerprint density at radius 1 is 1.12 bits per heavy atom. The standard InChI is InChI=1S/C13H10ClFO2/c14-10-4-6-11(7-5-10)17-13-9(8-16)2-1-3-12(13)15/h1-7,16H,8H2. The largest absolute Gasteiger partial charge is 0.454 e. The summed E-state index contributed by atoms with van der Waals surface area (Å²) >= 11 is 5.73. The number of para-hydroxylation sites is 1. The molecule has 88 valence electrons. The molecular weight excluding hydrogens is 243 g/mol. The summed E-state index contributed by atoms with van der Waals surface area (Å²) in [6.07, 6.45) is 0. The number of ether oxygens (including phenoxy) is 1. The summed E-state index contributed by atoms with van der Waals surface area (Å²) < 4.78 is 18.9. The first-order valence-corrected chi connectivity index (χ1v) is 5.40. The second-order valence-electron chi connectivity index (χ2n) is 3.44. The Kier molecular flexibility index (Phi) is 3.61. The van der Waals surface area contributed by atoms with Gasteiger partial charge in [0.2, 0.25) is 0 Å².